The number of hydrogen-bond acceptors (Lipinski definition) is 4. The van der Waals surface area contributed by atoms with E-state index in [2.05, 4.69) is 0 Å². The molecule has 0 aromatic heterocycles. The zero-order valence-corrected chi connectivity index (χ0v) is 11.2. The Hall–Kier alpha value is -2.02. The summed E-state index contributed by atoms with van der Waals surface area (Å²) in [6, 6.07) is 3.04. The topological polar surface area (TPSA) is 83.7 Å². The van der Waals surface area contributed by atoms with E-state index in [0.29, 0.717) is 6.54 Å². The van der Waals surface area contributed by atoms with Gasteiger partial charge in [-0.2, -0.15) is 4.39 Å². The normalized spacial score (nSPS) is 10.3. The number of halogens is 1. The van der Waals surface area contributed by atoms with Gasteiger partial charge in [-0.1, -0.05) is 13.3 Å². The quantitative estimate of drug-likeness (QED) is 0.613. The van der Waals surface area contributed by atoms with Crippen molar-refractivity contribution in [3.63, 3.8) is 0 Å². The maximum atomic E-state index is 13.2. The number of benzene rings is 1. The summed E-state index contributed by atoms with van der Waals surface area (Å²) in [5.74, 6) is -1.43. The lowest BCUT2D eigenvalue weighted by atomic mass is 10.1. The number of nitro benzene ring substituents is 1. The Kier molecular flexibility index (Phi) is 6.05. The van der Waals surface area contributed by atoms with Crippen LogP contribution in [0.25, 0.3) is 0 Å². The highest BCUT2D eigenvalue weighted by molar-refractivity contribution is 5.94. The molecule has 0 saturated carbocycles. The van der Waals surface area contributed by atoms with E-state index in [1.807, 2.05) is 6.92 Å². The Bertz CT molecular complexity index is 493. The van der Waals surface area contributed by atoms with Gasteiger partial charge in [0.15, 0.2) is 0 Å². The minimum absolute atomic E-state index is 0.0441. The van der Waals surface area contributed by atoms with Gasteiger partial charge in [0.2, 0.25) is 5.82 Å². The largest absolute Gasteiger partial charge is 0.395 e. The van der Waals surface area contributed by atoms with Crippen LogP contribution in [0, 0.1) is 15.9 Å². The summed E-state index contributed by atoms with van der Waals surface area (Å²) in [7, 11) is 0. The monoisotopic (exact) mass is 284 g/mol. The number of carbonyl (C=O) groups is 1. The number of aliphatic hydroxyl groups excluding tert-OH is 1. The molecule has 0 aliphatic heterocycles. The van der Waals surface area contributed by atoms with Gasteiger partial charge in [0.05, 0.1) is 11.5 Å². The van der Waals surface area contributed by atoms with Crippen molar-refractivity contribution in [3.8, 4) is 0 Å². The Morgan fingerprint density at radius 2 is 2.15 bits per heavy atom. The zero-order chi connectivity index (χ0) is 15.1. The van der Waals surface area contributed by atoms with Crippen molar-refractivity contribution < 1.29 is 19.2 Å². The number of carbonyl (C=O) groups excluding carboxylic acids is 1. The number of rotatable bonds is 7. The van der Waals surface area contributed by atoms with Crippen molar-refractivity contribution in [2.45, 2.75) is 19.8 Å². The molecule has 110 valence electrons. The Balaban J connectivity index is 2.99. The third-order valence-electron chi connectivity index (χ3n) is 2.83. The summed E-state index contributed by atoms with van der Waals surface area (Å²) < 4.78 is 13.2. The first-order valence-electron chi connectivity index (χ1n) is 6.35. The van der Waals surface area contributed by atoms with Gasteiger partial charge < -0.3 is 10.0 Å². The molecule has 0 aliphatic carbocycles. The fourth-order valence-corrected chi connectivity index (χ4v) is 1.75. The molecule has 0 atom stereocenters. The number of hydrogen-bond donors (Lipinski definition) is 1. The van der Waals surface area contributed by atoms with E-state index in [1.165, 1.54) is 11.0 Å². The van der Waals surface area contributed by atoms with Crippen LogP contribution in [0.15, 0.2) is 18.2 Å². The second-order valence-electron chi connectivity index (χ2n) is 4.29. The van der Waals surface area contributed by atoms with Crippen molar-refractivity contribution in [2.75, 3.05) is 19.7 Å². The molecular weight excluding hydrogens is 267 g/mol. The van der Waals surface area contributed by atoms with Crippen LogP contribution >= 0.6 is 0 Å². The number of nitro groups is 1. The number of amides is 1. The summed E-state index contributed by atoms with van der Waals surface area (Å²) in [4.78, 5) is 23.4. The van der Waals surface area contributed by atoms with E-state index >= 15 is 0 Å². The van der Waals surface area contributed by atoms with E-state index < -0.39 is 22.3 Å². The van der Waals surface area contributed by atoms with Crippen molar-refractivity contribution in [1.82, 2.24) is 4.90 Å². The molecule has 1 aromatic carbocycles. The van der Waals surface area contributed by atoms with Crippen LogP contribution in [0.5, 0.6) is 0 Å². The van der Waals surface area contributed by atoms with Crippen LogP contribution in [-0.4, -0.2) is 40.5 Å². The van der Waals surface area contributed by atoms with E-state index in [0.717, 1.165) is 25.0 Å². The second-order valence-corrected chi connectivity index (χ2v) is 4.29. The zero-order valence-electron chi connectivity index (χ0n) is 11.2. The molecule has 1 rings (SSSR count). The van der Waals surface area contributed by atoms with E-state index in [-0.39, 0.29) is 18.7 Å². The Morgan fingerprint density at radius 1 is 1.45 bits per heavy atom. The highest BCUT2D eigenvalue weighted by atomic mass is 19.1. The van der Waals surface area contributed by atoms with E-state index in [1.54, 1.807) is 0 Å². The molecule has 0 bridgehead atoms. The standard InChI is InChI=1S/C13H17FN2O4/c1-2-3-6-15(7-8-17)13(18)10-4-5-11(14)12(9-10)16(19)20/h4-5,9,17H,2-3,6-8H2,1H3. The Labute approximate surface area is 116 Å². The summed E-state index contributed by atoms with van der Waals surface area (Å²) >= 11 is 0. The molecule has 0 unspecified atom stereocenters. The van der Waals surface area contributed by atoms with Crippen LogP contribution in [0.3, 0.4) is 0 Å². The van der Waals surface area contributed by atoms with Gasteiger partial charge >= 0.3 is 5.69 Å². The lowest BCUT2D eigenvalue weighted by Crippen LogP contribution is -2.34. The smallest absolute Gasteiger partial charge is 0.305 e. The molecule has 1 amide bonds. The van der Waals surface area contributed by atoms with Crippen LogP contribution in [0.1, 0.15) is 30.1 Å². The molecule has 1 aromatic rings. The minimum atomic E-state index is -0.978. The summed E-state index contributed by atoms with van der Waals surface area (Å²) in [6.45, 7) is 2.36. The van der Waals surface area contributed by atoms with Gasteiger partial charge in [-0.15, -0.1) is 0 Å². The molecule has 20 heavy (non-hydrogen) atoms. The third-order valence-corrected chi connectivity index (χ3v) is 2.83. The first kappa shape index (κ1) is 16.0. The predicted octanol–water partition coefficient (Wildman–Crippen LogP) is 1.97. The van der Waals surface area contributed by atoms with Crippen molar-refractivity contribution in [2.24, 2.45) is 0 Å². The lowest BCUT2D eigenvalue weighted by molar-refractivity contribution is -0.387. The maximum Gasteiger partial charge on any atom is 0.305 e. The first-order chi connectivity index (χ1) is 9.51. The highest BCUT2D eigenvalue weighted by Crippen LogP contribution is 2.19. The fourth-order valence-electron chi connectivity index (χ4n) is 1.75. The predicted molar refractivity (Wildman–Crippen MR) is 71.0 cm³/mol. The molecular formula is C13H17FN2O4. The van der Waals surface area contributed by atoms with Gasteiger partial charge in [-0.3, -0.25) is 14.9 Å². The number of unbranched alkanes of at least 4 members (excludes halogenated alkanes) is 1. The fraction of sp³-hybridized carbons (Fsp3) is 0.462. The molecule has 6 nitrogen and oxygen atoms in total. The third kappa shape index (κ3) is 3.99. The van der Waals surface area contributed by atoms with Gasteiger partial charge in [-0.25, -0.2) is 0 Å². The molecule has 0 spiro atoms. The molecule has 0 radical (unpaired) electrons. The summed E-state index contributed by atoms with van der Waals surface area (Å²) in [6.07, 6.45) is 1.63. The van der Waals surface area contributed by atoms with Crippen molar-refractivity contribution in [3.05, 3.63) is 39.7 Å². The second kappa shape index (κ2) is 7.54. The Morgan fingerprint density at radius 3 is 2.70 bits per heavy atom. The molecule has 0 saturated heterocycles. The van der Waals surface area contributed by atoms with Gasteiger partial charge in [0.1, 0.15) is 0 Å². The molecule has 1 N–H and O–H groups in total. The maximum absolute atomic E-state index is 13.2. The van der Waals surface area contributed by atoms with Crippen LogP contribution < -0.4 is 0 Å². The first-order valence-corrected chi connectivity index (χ1v) is 6.35. The van der Waals surface area contributed by atoms with E-state index in [4.69, 9.17) is 5.11 Å². The highest BCUT2D eigenvalue weighted by Gasteiger charge is 2.20. The van der Waals surface area contributed by atoms with Gasteiger partial charge in [0, 0.05) is 24.7 Å². The van der Waals surface area contributed by atoms with Gasteiger partial charge in [-0.05, 0) is 18.6 Å². The van der Waals surface area contributed by atoms with Crippen LogP contribution in [-0.2, 0) is 0 Å². The van der Waals surface area contributed by atoms with Crippen molar-refractivity contribution in [1.29, 1.82) is 0 Å². The summed E-state index contributed by atoms with van der Waals surface area (Å²) in [5, 5.41) is 19.6. The molecule has 0 aliphatic rings. The average Bonchev–Trinajstić information content (AvgIpc) is 2.43. The number of nitrogens with zero attached hydrogens (tertiary/aromatic N) is 2. The van der Waals surface area contributed by atoms with Crippen molar-refractivity contribution >= 4 is 11.6 Å². The van der Waals surface area contributed by atoms with E-state index in [9.17, 15) is 19.3 Å². The molecule has 7 heteroatoms. The van der Waals surface area contributed by atoms with Crippen LogP contribution in [0.2, 0.25) is 0 Å². The summed E-state index contributed by atoms with van der Waals surface area (Å²) in [5.41, 5.74) is -0.682. The van der Waals surface area contributed by atoms with Crippen LogP contribution in [0.4, 0.5) is 10.1 Å². The molecule has 0 fully saturated rings. The minimum Gasteiger partial charge on any atom is -0.395 e. The molecule has 0 heterocycles. The average molecular weight is 284 g/mol. The van der Waals surface area contributed by atoms with Gasteiger partial charge in [0.25, 0.3) is 5.91 Å². The number of aliphatic hydroxyl groups is 1. The SMILES string of the molecule is CCCCN(CCO)C(=O)c1ccc(F)c([N+](=O)[O-])c1. The lowest BCUT2D eigenvalue weighted by Gasteiger charge is -2.21.